The van der Waals surface area contributed by atoms with Gasteiger partial charge in [-0.25, -0.2) is 4.90 Å². The lowest BCUT2D eigenvalue weighted by atomic mass is 10.1. The second-order valence-electron chi connectivity index (χ2n) is 5.94. The Bertz CT molecular complexity index is 900. The topological polar surface area (TPSA) is 74.3 Å². The molecule has 3 rings (SSSR count). The van der Waals surface area contributed by atoms with Crippen LogP contribution in [0.15, 0.2) is 36.4 Å². The van der Waals surface area contributed by atoms with E-state index in [2.05, 4.69) is 0 Å². The Balaban J connectivity index is 1.90. The summed E-state index contributed by atoms with van der Waals surface area (Å²) in [5, 5.41) is -0.914. The number of carbonyl (C=O) groups is 2. The molecule has 1 fully saturated rings. The van der Waals surface area contributed by atoms with E-state index in [1.807, 2.05) is 0 Å². The molecule has 7 nitrogen and oxygen atoms in total. The van der Waals surface area contributed by atoms with Crippen molar-refractivity contribution in [2.45, 2.75) is 11.7 Å². The Labute approximate surface area is 167 Å². The lowest BCUT2D eigenvalue weighted by Gasteiger charge is -2.18. The van der Waals surface area contributed by atoms with Gasteiger partial charge < -0.3 is 18.9 Å². The van der Waals surface area contributed by atoms with E-state index >= 15 is 0 Å². The Hall–Kier alpha value is -2.87. The zero-order valence-electron chi connectivity index (χ0n) is 16.1. The third kappa shape index (κ3) is 3.60. The van der Waals surface area contributed by atoms with Gasteiger partial charge in [-0.2, -0.15) is 0 Å². The predicted octanol–water partition coefficient (Wildman–Crippen LogP) is 3.53. The summed E-state index contributed by atoms with van der Waals surface area (Å²) in [7, 11) is 6.12. The molecule has 0 saturated carbocycles. The molecule has 0 radical (unpaired) electrons. The molecular formula is C20H21NO6S. The Morgan fingerprint density at radius 2 is 1.46 bits per heavy atom. The minimum atomic E-state index is -0.579. The van der Waals surface area contributed by atoms with Gasteiger partial charge in [0, 0.05) is 6.07 Å². The Kier molecular flexibility index (Phi) is 5.99. The highest BCUT2D eigenvalue weighted by Gasteiger charge is 2.42. The standard InChI is InChI=1S/C20H21NO6S/c1-24-14-8-6-5-7-13(14)21-19(22)18(28-20(21)23)10-12-9-16(26-3)17(27-4)11-15(12)25-2/h5-9,11,18H,10H2,1-4H3/t18-/m1/s1. The fourth-order valence-electron chi connectivity index (χ4n) is 3.07. The van der Waals surface area contributed by atoms with Crippen LogP contribution in [-0.4, -0.2) is 44.8 Å². The van der Waals surface area contributed by atoms with E-state index in [1.54, 1.807) is 43.5 Å². The van der Waals surface area contributed by atoms with Crippen LogP contribution in [-0.2, 0) is 11.2 Å². The molecule has 8 heteroatoms. The Morgan fingerprint density at radius 1 is 0.857 bits per heavy atom. The Morgan fingerprint density at radius 3 is 2.11 bits per heavy atom. The van der Waals surface area contributed by atoms with Crippen molar-refractivity contribution >= 4 is 28.6 Å². The number of para-hydroxylation sites is 2. The summed E-state index contributed by atoms with van der Waals surface area (Å²) >= 11 is 0.988. The van der Waals surface area contributed by atoms with Crippen molar-refractivity contribution in [3.63, 3.8) is 0 Å². The second kappa shape index (κ2) is 8.43. The maximum Gasteiger partial charge on any atom is 0.293 e. The van der Waals surface area contributed by atoms with E-state index in [-0.39, 0.29) is 11.1 Å². The zero-order chi connectivity index (χ0) is 20.3. The number of thioether (sulfide) groups is 1. The largest absolute Gasteiger partial charge is 0.496 e. The van der Waals surface area contributed by atoms with Gasteiger partial charge in [-0.1, -0.05) is 23.9 Å². The number of methoxy groups -OCH3 is 4. The number of carbonyl (C=O) groups excluding carboxylic acids is 2. The fraction of sp³-hybridized carbons (Fsp3) is 0.300. The van der Waals surface area contributed by atoms with Gasteiger partial charge in [0.1, 0.15) is 11.5 Å². The lowest BCUT2D eigenvalue weighted by molar-refractivity contribution is -0.117. The summed E-state index contributed by atoms with van der Waals surface area (Å²) < 4.78 is 21.4. The number of nitrogens with zero attached hydrogens (tertiary/aromatic N) is 1. The van der Waals surface area contributed by atoms with Gasteiger partial charge in [-0.05, 0) is 30.2 Å². The molecule has 0 unspecified atom stereocenters. The SMILES string of the molecule is COc1cc(OC)c(OC)cc1C[C@H]1SC(=O)N(c2ccccc2OC)C1=O. The number of hydrogen-bond donors (Lipinski definition) is 0. The van der Waals surface area contributed by atoms with Crippen molar-refractivity contribution in [3.05, 3.63) is 42.0 Å². The maximum atomic E-state index is 13.0. The van der Waals surface area contributed by atoms with E-state index in [1.165, 1.54) is 26.2 Å². The molecule has 1 heterocycles. The highest BCUT2D eigenvalue weighted by molar-refractivity contribution is 8.15. The summed E-state index contributed by atoms with van der Waals surface area (Å²) in [5.74, 6) is 1.79. The number of amides is 2. The number of rotatable bonds is 7. The molecule has 2 aromatic carbocycles. The van der Waals surface area contributed by atoms with Crippen LogP contribution in [0.4, 0.5) is 10.5 Å². The zero-order valence-corrected chi connectivity index (χ0v) is 16.9. The summed E-state index contributed by atoms with van der Waals surface area (Å²) in [6.07, 6.45) is 0.310. The van der Waals surface area contributed by atoms with Crippen molar-refractivity contribution in [1.29, 1.82) is 0 Å². The van der Waals surface area contributed by atoms with Crippen LogP contribution in [0.3, 0.4) is 0 Å². The van der Waals surface area contributed by atoms with Crippen LogP contribution in [0.5, 0.6) is 23.0 Å². The van der Waals surface area contributed by atoms with Gasteiger partial charge in [-0.3, -0.25) is 9.59 Å². The smallest absolute Gasteiger partial charge is 0.293 e. The molecule has 1 aliphatic heterocycles. The molecule has 0 N–H and O–H groups in total. The van der Waals surface area contributed by atoms with E-state index < -0.39 is 5.25 Å². The lowest BCUT2D eigenvalue weighted by Crippen LogP contribution is -2.32. The van der Waals surface area contributed by atoms with Gasteiger partial charge in [-0.15, -0.1) is 0 Å². The van der Waals surface area contributed by atoms with E-state index in [0.717, 1.165) is 17.3 Å². The molecule has 1 saturated heterocycles. The molecule has 0 bridgehead atoms. The summed E-state index contributed by atoms with van der Waals surface area (Å²) in [6.45, 7) is 0. The predicted molar refractivity (Wildman–Crippen MR) is 107 cm³/mol. The van der Waals surface area contributed by atoms with Gasteiger partial charge >= 0.3 is 0 Å². The van der Waals surface area contributed by atoms with E-state index in [9.17, 15) is 9.59 Å². The monoisotopic (exact) mass is 403 g/mol. The molecule has 2 aromatic rings. The number of imide groups is 1. The van der Waals surface area contributed by atoms with Crippen molar-refractivity contribution in [2.75, 3.05) is 33.3 Å². The number of benzene rings is 2. The van der Waals surface area contributed by atoms with E-state index in [4.69, 9.17) is 18.9 Å². The summed E-state index contributed by atoms with van der Waals surface area (Å²) in [5.41, 5.74) is 1.19. The van der Waals surface area contributed by atoms with Crippen LogP contribution in [0.1, 0.15) is 5.56 Å². The second-order valence-corrected chi connectivity index (χ2v) is 7.10. The van der Waals surface area contributed by atoms with Crippen LogP contribution in [0.25, 0.3) is 0 Å². The van der Waals surface area contributed by atoms with Crippen LogP contribution in [0.2, 0.25) is 0 Å². The minimum absolute atomic E-state index is 0.295. The molecular weight excluding hydrogens is 382 g/mol. The first kappa shape index (κ1) is 19.9. The number of anilines is 1. The van der Waals surface area contributed by atoms with Crippen molar-refractivity contribution in [2.24, 2.45) is 0 Å². The summed E-state index contributed by atoms with van der Waals surface area (Å²) in [4.78, 5) is 26.7. The van der Waals surface area contributed by atoms with Crippen molar-refractivity contribution in [1.82, 2.24) is 0 Å². The molecule has 0 spiro atoms. The van der Waals surface area contributed by atoms with E-state index in [0.29, 0.717) is 35.1 Å². The molecule has 0 aliphatic carbocycles. The molecule has 1 aliphatic rings. The van der Waals surface area contributed by atoms with Gasteiger partial charge in [0.25, 0.3) is 5.24 Å². The normalized spacial score (nSPS) is 16.3. The molecule has 28 heavy (non-hydrogen) atoms. The average Bonchev–Trinajstić information content (AvgIpc) is 3.00. The van der Waals surface area contributed by atoms with Gasteiger partial charge in [0.15, 0.2) is 11.5 Å². The highest BCUT2D eigenvalue weighted by Crippen LogP contribution is 2.40. The first-order chi connectivity index (χ1) is 13.5. The quantitative estimate of drug-likeness (QED) is 0.700. The van der Waals surface area contributed by atoms with Crippen LogP contribution < -0.4 is 23.8 Å². The molecule has 0 aromatic heterocycles. The first-order valence-corrected chi connectivity index (χ1v) is 9.38. The third-order valence-electron chi connectivity index (χ3n) is 4.44. The van der Waals surface area contributed by atoms with Gasteiger partial charge in [0.2, 0.25) is 5.91 Å². The van der Waals surface area contributed by atoms with Crippen molar-refractivity contribution < 1.29 is 28.5 Å². The van der Waals surface area contributed by atoms with Crippen LogP contribution >= 0.6 is 11.8 Å². The molecule has 1 atom stereocenters. The number of hydrogen-bond acceptors (Lipinski definition) is 7. The maximum absolute atomic E-state index is 13.0. The fourth-order valence-corrected chi connectivity index (χ4v) is 4.08. The minimum Gasteiger partial charge on any atom is -0.496 e. The van der Waals surface area contributed by atoms with Crippen molar-refractivity contribution in [3.8, 4) is 23.0 Å². The first-order valence-electron chi connectivity index (χ1n) is 8.50. The highest BCUT2D eigenvalue weighted by atomic mass is 32.2. The van der Waals surface area contributed by atoms with Gasteiger partial charge in [0.05, 0.1) is 39.4 Å². The average molecular weight is 403 g/mol. The molecule has 148 valence electrons. The number of ether oxygens (including phenoxy) is 4. The molecule has 2 amide bonds. The van der Waals surface area contributed by atoms with Crippen LogP contribution in [0, 0.1) is 0 Å². The third-order valence-corrected chi connectivity index (χ3v) is 5.48. The summed E-state index contributed by atoms with van der Waals surface area (Å²) in [6, 6.07) is 10.4.